The number of nitrogens with two attached hydrogens (primary N) is 1. The van der Waals surface area contributed by atoms with E-state index in [1.165, 1.54) is 6.92 Å². The van der Waals surface area contributed by atoms with Crippen LogP contribution < -0.4 is 11.1 Å². The summed E-state index contributed by atoms with van der Waals surface area (Å²) in [7, 11) is 0. The van der Waals surface area contributed by atoms with Crippen molar-refractivity contribution in [3.8, 4) is 0 Å². The summed E-state index contributed by atoms with van der Waals surface area (Å²) in [5.74, 6) is 0.542. The lowest BCUT2D eigenvalue weighted by atomic mass is 9.80. The first-order valence-electron chi connectivity index (χ1n) is 7.13. The molecule has 0 aromatic carbocycles. The Morgan fingerprint density at radius 3 is 2.33 bits per heavy atom. The van der Waals surface area contributed by atoms with Crippen molar-refractivity contribution in [1.29, 1.82) is 0 Å². The predicted molar refractivity (Wildman–Crippen MR) is 72.9 cm³/mol. The van der Waals surface area contributed by atoms with Crippen LogP contribution in [-0.4, -0.2) is 29.2 Å². The minimum atomic E-state index is -0.405. The summed E-state index contributed by atoms with van der Waals surface area (Å²) < 4.78 is 0. The molecule has 0 aliphatic heterocycles. The molecule has 4 N–H and O–H groups in total. The molecule has 0 saturated heterocycles. The normalized spacial score (nSPS) is 33.7. The number of rotatable bonds is 5. The molecule has 0 radical (unpaired) electrons. The van der Waals surface area contributed by atoms with Gasteiger partial charge in [-0.2, -0.15) is 0 Å². The van der Waals surface area contributed by atoms with Crippen molar-refractivity contribution in [3.63, 3.8) is 0 Å². The molecule has 0 bridgehead atoms. The fourth-order valence-electron chi connectivity index (χ4n) is 3.40. The van der Waals surface area contributed by atoms with Gasteiger partial charge in [0.15, 0.2) is 0 Å². The zero-order valence-corrected chi connectivity index (χ0v) is 12.0. The molecular formula is C14H28N2O2. The van der Waals surface area contributed by atoms with E-state index in [9.17, 15) is 9.90 Å². The third kappa shape index (κ3) is 3.23. The van der Waals surface area contributed by atoms with Gasteiger partial charge in [-0.25, -0.2) is 0 Å². The number of carbonyl (C=O) groups excluding carboxylic acids is 1. The predicted octanol–water partition coefficient (Wildman–Crippen LogP) is 1.27. The van der Waals surface area contributed by atoms with Gasteiger partial charge in [-0.15, -0.1) is 0 Å². The summed E-state index contributed by atoms with van der Waals surface area (Å²) in [5.41, 5.74) is 6.17. The van der Waals surface area contributed by atoms with Gasteiger partial charge in [0.25, 0.3) is 0 Å². The molecule has 5 atom stereocenters. The molecular weight excluding hydrogens is 228 g/mol. The van der Waals surface area contributed by atoms with Gasteiger partial charge in [0.05, 0.1) is 6.10 Å². The number of hydrogen-bond donors (Lipinski definition) is 3. The molecule has 1 aliphatic carbocycles. The monoisotopic (exact) mass is 256 g/mol. The van der Waals surface area contributed by atoms with Gasteiger partial charge in [0.2, 0.25) is 5.91 Å². The van der Waals surface area contributed by atoms with Crippen LogP contribution in [0, 0.1) is 17.8 Å². The second kappa shape index (κ2) is 6.53. The third-order valence-corrected chi connectivity index (χ3v) is 4.46. The van der Waals surface area contributed by atoms with Gasteiger partial charge in [0, 0.05) is 24.9 Å². The van der Waals surface area contributed by atoms with Gasteiger partial charge >= 0.3 is 0 Å². The van der Waals surface area contributed by atoms with Crippen molar-refractivity contribution in [2.75, 3.05) is 0 Å². The highest BCUT2D eigenvalue weighted by Crippen LogP contribution is 2.36. The van der Waals surface area contributed by atoms with Crippen LogP contribution in [0.5, 0.6) is 0 Å². The zero-order valence-electron chi connectivity index (χ0n) is 12.0. The number of carbonyl (C=O) groups is 1. The minimum absolute atomic E-state index is 0.00699. The van der Waals surface area contributed by atoms with E-state index in [4.69, 9.17) is 5.73 Å². The lowest BCUT2D eigenvalue weighted by Gasteiger charge is -2.35. The molecule has 1 saturated carbocycles. The van der Waals surface area contributed by atoms with Crippen LogP contribution in [-0.2, 0) is 4.79 Å². The number of nitrogens with one attached hydrogen (secondary N) is 1. The van der Waals surface area contributed by atoms with E-state index < -0.39 is 6.10 Å². The van der Waals surface area contributed by atoms with Crippen LogP contribution >= 0.6 is 0 Å². The van der Waals surface area contributed by atoms with E-state index in [2.05, 4.69) is 19.2 Å². The van der Waals surface area contributed by atoms with Crippen LogP contribution in [0.4, 0.5) is 0 Å². The molecule has 0 spiro atoms. The molecule has 1 amide bonds. The van der Waals surface area contributed by atoms with Gasteiger partial charge in [-0.1, -0.05) is 33.6 Å². The number of amides is 1. The molecule has 1 rings (SSSR count). The van der Waals surface area contributed by atoms with Crippen molar-refractivity contribution in [3.05, 3.63) is 0 Å². The van der Waals surface area contributed by atoms with E-state index in [-0.39, 0.29) is 29.8 Å². The third-order valence-electron chi connectivity index (χ3n) is 4.46. The maximum Gasteiger partial charge on any atom is 0.217 e. The van der Waals surface area contributed by atoms with Crippen molar-refractivity contribution in [2.45, 2.75) is 65.1 Å². The quantitative estimate of drug-likeness (QED) is 0.693. The van der Waals surface area contributed by atoms with Crippen molar-refractivity contribution in [1.82, 2.24) is 5.32 Å². The number of aliphatic hydroxyl groups is 1. The Morgan fingerprint density at radius 1 is 1.44 bits per heavy atom. The summed E-state index contributed by atoms with van der Waals surface area (Å²) in [6.07, 6.45) is 2.41. The lowest BCUT2D eigenvalue weighted by molar-refractivity contribution is -0.121. The van der Waals surface area contributed by atoms with E-state index in [0.29, 0.717) is 5.92 Å². The second-order valence-electron chi connectivity index (χ2n) is 5.75. The summed E-state index contributed by atoms with van der Waals surface area (Å²) in [6.45, 7) is 7.81. The first-order valence-corrected chi connectivity index (χ1v) is 7.13. The minimum Gasteiger partial charge on any atom is -0.392 e. The van der Waals surface area contributed by atoms with Crippen LogP contribution in [0.3, 0.4) is 0 Å². The van der Waals surface area contributed by atoms with Crippen LogP contribution in [0.15, 0.2) is 0 Å². The Kier molecular flexibility index (Phi) is 5.60. The maximum absolute atomic E-state index is 11.4. The largest absolute Gasteiger partial charge is 0.392 e. The summed E-state index contributed by atoms with van der Waals surface area (Å²) in [6, 6.07) is -0.0279. The average molecular weight is 256 g/mol. The molecule has 1 fully saturated rings. The van der Waals surface area contributed by atoms with Gasteiger partial charge in [-0.05, 0) is 18.3 Å². The Balaban J connectivity index is 2.91. The van der Waals surface area contributed by atoms with Gasteiger partial charge in [-0.3, -0.25) is 4.79 Å². The van der Waals surface area contributed by atoms with Crippen molar-refractivity contribution >= 4 is 5.91 Å². The van der Waals surface area contributed by atoms with E-state index in [1.807, 2.05) is 6.92 Å². The van der Waals surface area contributed by atoms with Gasteiger partial charge < -0.3 is 16.2 Å². The number of aliphatic hydroxyl groups excluding tert-OH is 1. The van der Waals surface area contributed by atoms with E-state index in [1.54, 1.807) is 0 Å². The maximum atomic E-state index is 11.4. The molecule has 1 aliphatic rings. The molecule has 4 nitrogen and oxygen atoms in total. The average Bonchev–Trinajstić information content (AvgIpc) is 2.53. The van der Waals surface area contributed by atoms with E-state index >= 15 is 0 Å². The smallest absolute Gasteiger partial charge is 0.217 e. The Morgan fingerprint density at radius 2 is 2.00 bits per heavy atom. The number of hydrogen-bond acceptors (Lipinski definition) is 3. The molecule has 0 heterocycles. The van der Waals surface area contributed by atoms with Crippen molar-refractivity contribution in [2.24, 2.45) is 23.5 Å². The molecule has 18 heavy (non-hydrogen) atoms. The van der Waals surface area contributed by atoms with E-state index in [0.717, 1.165) is 19.3 Å². The van der Waals surface area contributed by atoms with Gasteiger partial charge in [0.1, 0.15) is 0 Å². The lowest BCUT2D eigenvalue weighted by Crippen LogP contribution is -2.52. The van der Waals surface area contributed by atoms with Crippen molar-refractivity contribution < 1.29 is 9.90 Å². The standard InChI is InChI=1S/C14H28N2O2/c1-5-10(6-2)13(16-9(4)17)12-11(15)7-8(3)14(12)18/h8,10-14,18H,5-7,15H2,1-4H3,(H,16,17). The highest BCUT2D eigenvalue weighted by Gasteiger charge is 2.44. The topological polar surface area (TPSA) is 75.4 Å². The highest BCUT2D eigenvalue weighted by atomic mass is 16.3. The fourth-order valence-corrected chi connectivity index (χ4v) is 3.40. The summed E-state index contributed by atoms with van der Waals surface area (Å²) >= 11 is 0. The highest BCUT2D eigenvalue weighted by molar-refractivity contribution is 5.73. The fraction of sp³-hybridized carbons (Fsp3) is 0.929. The van der Waals surface area contributed by atoms with Crippen LogP contribution in [0.25, 0.3) is 0 Å². The second-order valence-corrected chi connectivity index (χ2v) is 5.75. The first kappa shape index (κ1) is 15.4. The first-order chi connectivity index (χ1) is 8.42. The molecule has 0 aromatic heterocycles. The molecule has 4 heteroatoms. The summed E-state index contributed by atoms with van der Waals surface area (Å²) in [5, 5.41) is 13.3. The van der Waals surface area contributed by atoms with Crippen LogP contribution in [0.1, 0.15) is 47.0 Å². The summed E-state index contributed by atoms with van der Waals surface area (Å²) in [4.78, 5) is 11.4. The Hall–Kier alpha value is -0.610. The zero-order chi connectivity index (χ0) is 13.9. The molecule has 0 aromatic rings. The SMILES string of the molecule is CCC(CC)C(NC(C)=O)C1C(N)CC(C)C1O. The Labute approximate surface area is 110 Å². The Bertz CT molecular complexity index is 279. The molecule has 106 valence electrons. The van der Waals surface area contributed by atoms with Crippen LogP contribution in [0.2, 0.25) is 0 Å². The molecule has 5 unspecified atom stereocenters.